The van der Waals surface area contributed by atoms with Gasteiger partial charge in [-0.2, -0.15) is 0 Å². The van der Waals surface area contributed by atoms with E-state index in [9.17, 15) is 9.90 Å². The molecule has 0 bridgehead atoms. The van der Waals surface area contributed by atoms with E-state index in [1.807, 2.05) is 44.1 Å². The molecule has 2 amide bonds. The Bertz CT molecular complexity index is 488. The van der Waals surface area contributed by atoms with Crippen LogP contribution in [0.15, 0.2) is 18.2 Å². The average Bonchev–Trinajstić information content (AvgIpc) is 2.38. The first-order chi connectivity index (χ1) is 9.47. The molecule has 1 aromatic carbocycles. The van der Waals surface area contributed by atoms with E-state index in [-0.39, 0.29) is 6.03 Å². The molecule has 1 aliphatic rings. The van der Waals surface area contributed by atoms with Crippen LogP contribution >= 0.6 is 0 Å². The van der Waals surface area contributed by atoms with Crippen molar-refractivity contribution in [2.45, 2.75) is 25.9 Å². The van der Waals surface area contributed by atoms with Gasteiger partial charge < -0.3 is 20.2 Å². The molecule has 0 saturated carbocycles. The Balaban J connectivity index is 2.02. The molecule has 5 nitrogen and oxygen atoms in total. The fourth-order valence-corrected chi connectivity index (χ4v) is 2.58. The molecule has 0 radical (unpaired) electrons. The number of hydrogen-bond donors (Lipinski definition) is 2. The fourth-order valence-electron chi connectivity index (χ4n) is 2.58. The van der Waals surface area contributed by atoms with Crippen LogP contribution in [0.5, 0.6) is 0 Å². The highest BCUT2D eigenvalue weighted by Gasteiger charge is 2.22. The van der Waals surface area contributed by atoms with Crippen molar-refractivity contribution in [2.24, 2.45) is 0 Å². The van der Waals surface area contributed by atoms with Crippen molar-refractivity contribution in [3.8, 4) is 0 Å². The Hall–Kier alpha value is -1.75. The summed E-state index contributed by atoms with van der Waals surface area (Å²) < 4.78 is 0. The summed E-state index contributed by atoms with van der Waals surface area (Å²) in [6, 6.07) is 5.73. The summed E-state index contributed by atoms with van der Waals surface area (Å²) in [5.41, 5.74) is 3.04. The van der Waals surface area contributed by atoms with Crippen LogP contribution in [0, 0.1) is 6.92 Å². The van der Waals surface area contributed by atoms with Gasteiger partial charge in [0.05, 0.1) is 6.10 Å². The van der Waals surface area contributed by atoms with Crippen LogP contribution in [0.3, 0.4) is 0 Å². The second kappa shape index (κ2) is 6.13. The molecule has 1 saturated heterocycles. The third kappa shape index (κ3) is 3.42. The third-order valence-electron chi connectivity index (χ3n) is 3.61. The van der Waals surface area contributed by atoms with Crippen LogP contribution in [0.1, 0.15) is 18.4 Å². The SMILES string of the molecule is Cc1cc(NC(=O)N2CCCC(O)C2)ccc1N(C)C. The lowest BCUT2D eigenvalue weighted by molar-refractivity contribution is 0.0883. The Morgan fingerprint density at radius 2 is 2.20 bits per heavy atom. The van der Waals surface area contributed by atoms with Crippen LogP contribution in [0.2, 0.25) is 0 Å². The van der Waals surface area contributed by atoms with Gasteiger partial charge in [-0.15, -0.1) is 0 Å². The molecule has 1 aromatic rings. The number of hydrogen-bond acceptors (Lipinski definition) is 3. The lowest BCUT2D eigenvalue weighted by Crippen LogP contribution is -2.44. The highest BCUT2D eigenvalue weighted by atomic mass is 16.3. The molecule has 5 heteroatoms. The molecule has 0 aromatic heterocycles. The van der Waals surface area contributed by atoms with Crippen LogP contribution < -0.4 is 10.2 Å². The molecule has 2 rings (SSSR count). The average molecular weight is 277 g/mol. The van der Waals surface area contributed by atoms with Gasteiger partial charge in [-0.3, -0.25) is 0 Å². The van der Waals surface area contributed by atoms with E-state index >= 15 is 0 Å². The summed E-state index contributed by atoms with van der Waals surface area (Å²) in [7, 11) is 3.99. The second-order valence-electron chi connectivity index (χ2n) is 5.57. The summed E-state index contributed by atoms with van der Waals surface area (Å²) in [5.74, 6) is 0. The van der Waals surface area contributed by atoms with Gasteiger partial charge in [-0.1, -0.05) is 0 Å². The highest BCUT2D eigenvalue weighted by Crippen LogP contribution is 2.22. The van der Waals surface area contributed by atoms with Gasteiger partial charge >= 0.3 is 6.03 Å². The Morgan fingerprint density at radius 1 is 1.45 bits per heavy atom. The number of benzene rings is 1. The number of nitrogens with one attached hydrogen (secondary N) is 1. The summed E-state index contributed by atoms with van der Waals surface area (Å²) >= 11 is 0. The summed E-state index contributed by atoms with van der Waals surface area (Å²) in [6.45, 7) is 3.15. The topological polar surface area (TPSA) is 55.8 Å². The number of carbonyl (C=O) groups excluding carboxylic acids is 1. The maximum absolute atomic E-state index is 12.1. The van der Waals surface area contributed by atoms with Crippen LogP contribution in [0.25, 0.3) is 0 Å². The van der Waals surface area contributed by atoms with E-state index in [1.54, 1.807) is 4.90 Å². The van der Waals surface area contributed by atoms with E-state index in [1.165, 1.54) is 0 Å². The van der Waals surface area contributed by atoms with Gasteiger partial charge in [-0.05, 0) is 43.5 Å². The minimum absolute atomic E-state index is 0.138. The number of aliphatic hydroxyl groups is 1. The van der Waals surface area contributed by atoms with Crippen LogP contribution in [-0.4, -0.2) is 49.3 Å². The van der Waals surface area contributed by atoms with E-state index in [0.29, 0.717) is 13.1 Å². The molecular formula is C15H23N3O2. The Morgan fingerprint density at radius 3 is 2.80 bits per heavy atom. The molecule has 1 fully saturated rings. The molecule has 1 aliphatic heterocycles. The number of anilines is 2. The summed E-state index contributed by atoms with van der Waals surface area (Å²) in [5, 5.41) is 12.5. The van der Waals surface area contributed by atoms with Gasteiger partial charge in [0.25, 0.3) is 0 Å². The number of amides is 2. The van der Waals surface area contributed by atoms with Crippen molar-refractivity contribution in [3.05, 3.63) is 23.8 Å². The smallest absolute Gasteiger partial charge is 0.321 e. The largest absolute Gasteiger partial charge is 0.391 e. The van der Waals surface area contributed by atoms with Crippen molar-refractivity contribution in [1.82, 2.24) is 4.90 Å². The number of carbonyl (C=O) groups is 1. The standard InChI is InChI=1S/C15H23N3O2/c1-11-9-12(6-7-14(11)17(2)3)16-15(20)18-8-4-5-13(19)10-18/h6-7,9,13,19H,4-5,8,10H2,1-3H3,(H,16,20). The Labute approximate surface area is 120 Å². The van der Waals surface area contributed by atoms with Gasteiger partial charge in [-0.25, -0.2) is 4.79 Å². The number of urea groups is 1. The van der Waals surface area contributed by atoms with Gasteiger partial charge in [0.1, 0.15) is 0 Å². The predicted octanol–water partition coefficient (Wildman–Crippen LogP) is 2.05. The maximum atomic E-state index is 12.1. The van der Waals surface area contributed by atoms with Crippen molar-refractivity contribution in [1.29, 1.82) is 0 Å². The number of β-amino-alcohol motifs (C(OH)–C–C–N with tert-alkyl or cyclic N) is 1. The lowest BCUT2D eigenvalue weighted by atomic mass is 10.1. The molecular weight excluding hydrogens is 254 g/mol. The van der Waals surface area contributed by atoms with E-state index < -0.39 is 6.10 Å². The quantitative estimate of drug-likeness (QED) is 0.870. The van der Waals surface area contributed by atoms with Crippen molar-refractivity contribution >= 4 is 17.4 Å². The zero-order chi connectivity index (χ0) is 14.7. The first-order valence-corrected chi connectivity index (χ1v) is 6.99. The van der Waals surface area contributed by atoms with E-state index in [4.69, 9.17) is 0 Å². The summed E-state index contributed by atoms with van der Waals surface area (Å²) in [6.07, 6.45) is 1.24. The van der Waals surface area contributed by atoms with Crippen molar-refractivity contribution < 1.29 is 9.90 Å². The number of piperidine rings is 1. The molecule has 110 valence electrons. The lowest BCUT2D eigenvalue weighted by Gasteiger charge is -2.30. The summed E-state index contributed by atoms with van der Waals surface area (Å²) in [4.78, 5) is 15.9. The van der Waals surface area contributed by atoms with Gasteiger partial charge in [0.15, 0.2) is 0 Å². The second-order valence-corrected chi connectivity index (χ2v) is 5.57. The zero-order valence-electron chi connectivity index (χ0n) is 12.4. The number of rotatable bonds is 2. The Kier molecular flexibility index (Phi) is 4.49. The zero-order valence-corrected chi connectivity index (χ0v) is 12.4. The molecule has 1 atom stereocenters. The van der Waals surface area contributed by atoms with E-state index in [2.05, 4.69) is 5.32 Å². The van der Waals surface area contributed by atoms with E-state index in [0.717, 1.165) is 29.8 Å². The molecule has 1 unspecified atom stereocenters. The molecule has 1 heterocycles. The van der Waals surface area contributed by atoms with Crippen molar-refractivity contribution in [2.75, 3.05) is 37.4 Å². The molecule has 20 heavy (non-hydrogen) atoms. The van der Waals surface area contributed by atoms with Gasteiger partial charge in [0, 0.05) is 38.6 Å². The number of aliphatic hydroxyl groups excluding tert-OH is 1. The fraction of sp³-hybridized carbons (Fsp3) is 0.533. The van der Waals surface area contributed by atoms with Crippen LogP contribution in [0.4, 0.5) is 16.2 Å². The van der Waals surface area contributed by atoms with Gasteiger partial charge in [0.2, 0.25) is 0 Å². The minimum Gasteiger partial charge on any atom is -0.391 e. The maximum Gasteiger partial charge on any atom is 0.321 e. The predicted molar refractivity (Wildman–Crippen MR) is 81.3 cm³/mol. The number of likely N-dealkylation sites (tertiary alicyclic amines) is 1. The molecule has 2 N–H and O–H groups in total. The first kappa shape index (κ1) is 14.7. The molecule has 0 aliphatic carbocycles. The third-order valence-corrected chi connectivity index (χ3v) is 3.61. The number of nitrogens with zero attached hydrogens (tertiary/aromatic N) is 2. The monoisotopic (exact) mass is 277 g/mol. The first-order valence-electron chi connectivity index (χ1n) is 6.99. The van der Waals surface area contributed by atoms with Crippen molar-refractivity contribution in [3.63, 3.8) is 0 Å². The van der Waals surface area contributed by atoms with Crippen LogP contribution in [-0.2, 0) is 0 Å². The molecule has 0 spiro atoms. The highest BCUT2D eigenvalue weighted by molar-refractivity contribution is 5.89. The minimum atomic E-state index is -0.396. The number of aryl methyl sites for hydroxylation is 1. The normalized spacial score (nSPS) is 18.8.